The summed E-state index contributed by atoms with van der Waals surface area (Å²) in [5.41, 5.74) is 25.1. The predicted molar refractivity (Wildman–Crippen MR) is 308 cm³/mol. The van der Waals surface area contributed by atoms with Gasteiger partial charge in [-0.2, -0.15) is 0 Å². The molecule has 2 heterocycles. The fourth-order valence-corrected chi connectivity index (χ4v) is 11.7. The van der Waals surface area contributed by atoms with E-state index in [-0.39, 0.29) is 33.8 Å². The zero-order valence-electron chi connectivity index (χ0n) is 44.6. The third kappa shape index (κ3) is 7.72. The molecule has 0 atom stereocenters. The average Bonchev–Trinajstić information content (AvgIpc) is 3.55. The van der Waals surface area contributed by atoms with Crippen LogP contribution in [-0.4, -0.2) is 6.71 Å². The molecule has 3 aliphatic rings. The van der Waals surface area contributed by atoms with E-state index in [9.17, 15) is 0 Å². The van der Waals surface area contributed by atoms with E-state index in [1.165, 1.54) is 89.3 Å². The first-order chi connectivity index (χ1) is 33.5. The van der Waals surface area contributed by atoms with Crippen LogP contribution in [0.3, 0.4) is 0 Å². The Balaban J connectivity index is 1.23. The van der Waals surface area contributed by atoms with Gasteiger partial charge in [-0.3, -0.25) is 0 Å². The summed E-state index contributed by atoms with van der Waals surface area (Å²) >= 11 is 0. The lowest BCUT2D eigenvalue weighted by Gasteiger charge is -2.45. The van der Waals surface area contributed by atoms with Gasteiger partial charge in [0.05, 0.1) is 0 Å². The average molecular weight is 928 g/mol. The van der Waals surface area contributed by atoms with Crippen LogP contribution >= 0.6 is 0 Å². The fraction of sp³-hybridized carbons (Fsp3) is 0.284. The van der Waals surface area contributed by atoms with Crippen LogP contribution in [0.25, 0.3) is 11.1 Å². The third-order valence-corrected chi connectivity index (χ3v) is 15.9. The molecule has 2 aliphatic heterocycles. The number of benzene rings is 8. The van der Waals surface area contributed by atoms with E-state index >= 15 is 0 Å². The van der Waals surface area contributed by atoms with Crippen LogP contribution < -0.4 is 31.1 Å². The molecule has 0 N–H and O–H groups in total. The number of anilines is 9. The molecule has 8 aromatic rings. The first-order valence-electron chi connectivity index (χ1n) is 25.9. The standard InChI is InChI=1S/C67H70BN3/c1-63(2,3)43-24-29-48(30-25-43)69(47-20-16-15-17-21-47)51-34-36-56-59(42-51)71(50-33-35-55-53(41-50)52-22-18-19-23-54(52)67(55,13)14)61-40-46(66(10,11)12)39-60-62(61)68(56)57-38-45(65(7,8)9)28-37-58(57)70(60)49-31-26-44(27-32-49)64(4,5)6/h15-42H,1-14H3. The maximum absolute atomic E-state index is 2.63. The Morgan fingerprint density at radius 2 is 0.873 bits per heavy atom. The molecule has 0 aromatic heterocycles. The number of hydrogen-bond acceptors (Lipinski definition) is 3. The van der Waals surface area contributed by atoms with E-state index in [4.69, 9.17) is 0 Å². The molecule has 0 fully saturated rings. The second-order valence-electron chi connectivity index (χ2n) is 25.2. The molecule has 1 aliphatic carbocycles. The second-order valence-corrected chi connectivity index (χ2v) is 25.2. The quantitative estimate of drug-likeness (QED) is 0.159. The Kier molecular flexibility index (Phi) is 10.6. The molecule has 0 spiro atoms. The van der Waals surface area contributed by atoms with Gasteiger partial charge in [-0.15, -0.1) is 0 Å². The summed E-state index contributed by atoms with van der Waals surface area (Å²) in [5, 5.41) is 0. The summed E-state index contributed by atoms with van der Waals surface area (Å²) in [6.07, 6.45) is 0. The van der Waals surface area contributed by atoms with Crippen molar-refractivity contribution in [2.75, 3.05) is 14.7 Å². The molecule has 0 bridgehead atoms. The molecule has 8 aromatic carbocycles. The van der Waals surface area contributed by atoms with Crippen molar-refractivity contribution in [1.29, 1.82) is 0 Å². The van der Waals surface area contributed by atoms with Crippen LogP contribution in [0, 0.1) is 0 Å². The number of hydrogen-bond donors (Lipinski definition) is 0. The van der Waals surface area contributed by atoms with Gasteiger partial charge >= 0.3 is 0 Å². The number of rotatable bonds is 5. The van der Waals surface area contributed by atoms with Crippen LogP contribution in [0.1, 0.15) is 130 Å². The normalized spacial score (nSPS) is 14.6. The molecule has 0 radical (unpaired) electrons. The molecule has 0 saturated carbocycles. The lowest BCUT2D eigenvalue weighted by molar-refractivity contribution is 0.589. The van der Waals surface area contributed by atoms with E-state index in [1.807, 2.05) is 0 Å². The van der Waals surface area contributed by atoms with Gasteiger partial charge < -0.3 is 14.7 Å². The maximum atomic E-state index is 2.63. The highest BCUT2D eigenvalue weighted by Gasteiger charge is 2.45. The Morgan fingerprint density at radius 3 is 1.49 bits per heavy atom. The van der Waals surface area contributed by atoms with E-state index in [0.29, 0.717) is 0 Å². The van der Waals surface area contributed by atoms with Crippen molar-refractivity contribution in [2.45, 2.75) is 124 Å². The summed E-state index contributed by atoms with van der Waals surface area (Å²) in [4.78, 5) is 7.65. The Hall–Kier alpha value is -6.78. The molecule has 3 nitrogen and oxygen atoms in total. The van der Waals surface area contributed by atoms with Crippen LogP contribution in [0.4, 0.5) is 51.2 Å². The Bertz CT molecular complexity index is 3370. The smallest absolute Gasteiger partial charge is 0.252 e. The van der Waals surface area contributed by atoms with E-state index in [2.05, 4.69) is 281 Å². The van der Waals surface area contributed by atoms with E-state index in [1.54, 1.807) is 0 Å². The summed E-state index contributed by atoms with van der Waals surface area (Å²) < 4.78 is 0. The Labute approximate surface area is 425 Å². The monoisotopic (exact) mass is 928 g/mol. The molecule has 11 rings (SSSR count). The van der Waals surface area contributed by atoms with E-state index in [0.717, 1.165) is 22.7 Å². The van der Waals surface area contributed by atoms with E-state index < -0.39 is 0 Å². The summed E-state index contributed by atoms with van der Waals surface area (Å²) in [6, 6.07) is 65.5. The van der Waals surface area contributed by atoms with Crippen molar-refractivity contribution < 1.29 is 0 Å². The minimum atomic E-state index is -0.142. The van der Waals surface area contributed by atoms with Crippen molar-refractivity contribution in [3.8, 4) is 11.1 Å². The van der Waals surface area contributed by atoms with Crippen LogP contribution in [0.15, 0.2) is 170 Å². The highest BCUT2D eigenvalue weighted by atomic mass is 15.2. The SMILES string of the molecule is CC(C)(C)c1ccc(N(c2ccccc2)c2ccc3c(c2)N(c2ccc4c(c2)-c2ccccc2C4(C)C)c2cc(C(C)(C)C)cc4c2B3c2cc(C(C)(C)C)ccc2N4c2ccc(C(C)(C)C)cc2)cc1. The summed E-state index contributed by atoms with van der Waals surface area (Å²) in [7, 11) is 0. The number of nitrogens with zero attached hydrogens (tertiary/aromatic N) is 3. The fourth-order valence-electron chi connectivity index (χ4n) is 11.7. The first kappa shape index (κ1) is 46.6. The lowest BCUT2D eigenvalue weighted by Crippen LogP contribution is -2.61. The van der Waals surface area contributed by atoms with Crippen molar-refractivity contribution in [1.82, 2.24) is 0 Å². The lowest BCUT2D eigenvalue weighted by atomic mass is 9.33. The van der Waals surface area contributed by atoms with Gasteiger partial charge in [0.1, 0.15) is 0 Å². The van der Waals surface area contributed by atoms with Crippen molar-refractivity contribution >= 4 is 74.3 Å². The van der Waals surface area contributed by atoms with Crippen molar-refractivity contribution in [3.05, 3.63) is 203 Å². The number of fused-ring (bicyclic) bond motifs is 7. The largest absolute Gasteiger partial charge is 0.311 e. The van der Waals surface area contributed by atoms with Gasteiger partial charge in [0, 0.05) is 56.6 Å². The highest BCUT2D eigenvalue weighted by Crippen LogP contribution is 2.53. The molecule has 0 unspecified atom stereocenters. The highest BCUT2D eigenvalue weighted by molar-refractivity contribution is 7.00. The topological polar surface area (TPSA) is 9.72 Å². The zero-order chi connectivity index (χ0) is 50.2. The molecule has 0 amide bonds. The molecule has 71 heavy (non-hydrogen) atoms. The van der Waals surface area contributed by atoms with Crippen molar-refractivity contribution in [2.24, 2.45) is 0 Å². The minimum Gasteiger partial charge on any atom is -0.311 e. The van der Waals surface area contributed by atoms with Gasteiger partial charge in [0.15, 0.2) is 0 Å². The van der Waals surface area contributed by atoms with Gasteiger partial charge in [-0.25, -0.2) is 0 Å². The zero-order valence-corrected chi connectivity index (χ0v) is 44.6. The molecular weight excluding hydrogens is 858 g/mol. The molecule has 4 heteroatoms. The third-order valence-electron chi connectivity index (χ3n) is 15.9. The Morgan fingerprint density at radius 1 is 0.366 bits per heavy atom. The number of para-hydroxylation sites is 1. The molecular formula is C67H70BN3. The van der Waals surface area contributed by atoms with Crippen LogP contribution in [0.2, 0.25) is 0 Å². The van der Waals surface area contributed by atoms with Gasteiger partial charge in [0.25, 0.3) is 6.71 Å². The summed E-state index contributed by atoms with van der Waals surface area (Å²) in [5.74, 6) is 0. The minimum absolute atomic E-state index is 0.0259. The predicted octanol–water partition coefficient (Wildman–Crippen LogP) is 16.7. The first-order valence-corrected chi connectivity index (χ1v) is 25.9. The maximum Gasteiger partial charge on any atom is 0.252 e. The van der Waals surface area contributed by atoms with Crippen LogP contribution in [-0.2, 0) is 27.1 Å². The van der Waals surface area contributed by atoms with Gasteiger partial charge in [0.2, 0.25) is 0 Å². The van der Waals surface area contributed by atoms with Gasteiger partial charge in [-0.05, 0) is 161 Å². The summed E-state index contributed by atoms with van der Waals surface area (Å²) in [6.45, 7) is 32.6. The second kappa shape index (κ2) is 16.1. The van der Waals surface area contributed by atoms with Gasteiger partial charge in [-0.1, -0.05) is 188 Å². The molecule has 0 saturated heterocycles. The van der Waals surface area contributed by atoms with Crippen LogP contribution in [0.5, 0.6) is 0 Å². The molecule has 356 valence electrons. The van der Waals surface area contributed by atoms with Crippen molar-refractivity contribution in [3.63, 3.8) is 0 Å².